The molecule has 0 bridgehead atoms. The molecule has 0 aromatic heterocycles. The maximum absolute atomic E-state index is 14.4. The van der Waals surface area contributed by atoms with Gasteiger partial charge in [-0.05, 0) is 102 Å². The summed E-state index contributed by atoms with van der Waals surface area (Å²) in [7, 11) is 0. The lowest BCUT2D eigenvalue weighted by Crippen LogP contribution is -2.13. The van der Waals surface area contributed by atoms with Crippen LogP contribution in [0.25, 0.3) is 0 Å². The molecule has 0 saturated carbocycles. The molecule has 4 nitrogen and oxygen atoms in total. The topological polar surface area (TPSA) is 49.4 Å². The fourth-order valence-electron chi connectivity index (χ4n) is 8.62. The minimum atomic E-state index is -0.171. The van der Waals surface area contributed by atoms with E-state index in [0.29, 0.717) is 29.4 Å². The highest BCUT2D eigenvalue weighted by atomic mass is 35.5. The van der Waals surface area contributed by atoms with Crippen LogP contribution in [-0.2, 0) is 47.3 Å². The van der Waals surface area contributed by atoms with Crippen molar-refractivity contribution in [1.29, 1.82) is 0 Å². The zero-order valence-electron chi connectivity index (χ0n) is 45.1. The number of aliphatic imine (C=N–C) groups is 4. The molecule has 0 aliphatic carbocycles. The molecule has 0 unspecified atom stereocenters. The number of fused-ring (bicyclic) bond motifs is 4. The summed E-state index contributed by atoms with van der Waals surface area (Å²) in [6, 6.07) is 16.2. The van der Waals surface area contributed by atoms with Crippen LogP contribution < -0.4 is 0 Å². The Morgan fingerprint density at radius 2 is 0.706 bits per heavy atom. The van der Waals surface area contributed by atoms with E-state index < -0.39 is 0 Å². The van der Waals surface area contributed by atoms with E-state index in [1.165, 1.54) is 33.7 Å². The summed E-state index contributed by atoms with van der Waals surface area (Å²) in [5.41, 5.74) is 16.5. The minimum Gasteiger partial charge on any atom is -0.257 e. The van der Waals surface area contributed by atoms with E-state index in [0.717, 1.165) is 86.5 Å². The van der Waals surface area contributed by atoms with Crippen LogP contribution in [0.2, 0.25) is 10.0 Å². The van der Waals surface area contributed by atoms with Gasteiger partial charge in [0.1, 0.15) is 11.5 Å². The molecule has 0 N–H and O–H groups in total. The third kappa shape index (κ3) is 12.7. The first kappa shape index (κ1) is 54.9. The third-order valence-corrected chi connectivity index (χ3v) is 13.9. The Balaban J connectivity index is 0.000000169. The molecule has 368 valence electrons. The van der Waals surface area contributed by atoms with Gasteiger partial charge in [0.15, 0.2) is 5.82 Å². The summed E-state index contributed by atoms with van der Waals surface area (Å²) in [6.07, 6.45) is 3.51. The monoisotopic (exact) mass is 965 g/mol. The maximum Gasteiger partial charge on any atom is 0.152 e. The zero-order valence-corrected chi connectivity index (χ0v) is 46.6. The van der Waals surface area contributed by atoms with Crippen molar-refractivity contribution in [2.45, 2.75) is 186 Å². The molecular weight excluding hydrogens is 886 g/mol. The van der Waals surface area contributed by atoms with Gasteiger partial charge in [-0.3, -0.25) is 20.0 Å². The predicted octanol–water partition coefficient (Wildman–Crippen LogP) is 18.7. The van der Waals surface area contributed by atoms with Gasteiger partial charge in [-0.2, -0.15) is 0 Å². The molecular formula is C60H80Cl2F2N4. The van der Waals surface area contributed by atoms with Crippen molar-refractivity contribution >= 4 is 68.8 Å². The average Bonchev–Trinajstić information content (AvgIpc) is 4.01. The van der Waals surface area contributed by atoms with Crippen molar-refractivity contribution in [2.24, 2.45) is 43.6 Å². The van der Waals surface area contributed by atoms with Crippen molar-refractivity contribution in [1.82, 2.24) is 0 Å². The van der Waals surface area contributed by atoms with Crippen LogP contribution >= 0.6 is 23.2 Å². The number of halogens is 4. The summed E-state index contributed by atoms with van der Waals surface area (Å²) in [5, 5.41) is 1.68. The highest BCUT2D eigenvalue weighted by Gasteiger charge is 2.29. The smallest absolute Gasteiger partial charge is 0.152 e. The fourth-order valence-corrected chi connectivity index (χ4v) is 9.64. The molecule has 4 heterocycles. The van der Waals surface area contributed by atoms with E-state index in [1.807, 2.05) is 59.7 Å². The van der Waals surface area contributed by atoms with Gasteiger partial charge >= 0.3 is 0 Å². The van der Waals surface area contributed by atoms with Crippen molar-refractivity contribution < 1.29 is 8.78 Å². The van der Waals surface area contributed by atoms with Gasteiger partial charge in [0, 0.05) is 48.5 Å². The number of benzene rings is 4. The lowest BCUT2D eigenvalue weighted by atomic mass is 9.85. The molecule has 8 heteroatoms. The highest BCUT2D eigenvalue weighted by molar-refractivity contribution is 6.35. The molecule has 0 saturated heterocycles. The van der Waals surface area contributed by atoms with Crippen molar-refractivity contribution in [3.8, 4) is 0 Å². The van der Waals surface area contributed by atoms with Gasteiger partial charge in [-0.1, -0.05) is 198 Å². The van der Waals surface area contributed by atoms with Gasteiger partial charge < -0.3 is 0 Å². The Labute approximate surface area is 419 Å². The van der Waals surface area contributed by atoms with Crippen molar-refractivity contribution in [3.63, 3.8) is 0 Å². The Morgan fingerprint density at radius 3 is 1.06 bits per heavy atom. The zero-order chi connectivity index (χ0) is 51.2. The third-order valence-electron chi connectivity index (χ3n) is 13.2. The van der Waals surface area contributed by atoms with Gasteiger partial charge in [0.2, 0.25) is 0 Å². The van der Waals surface area contributed by atoms with Crippen LogP contribution in [-0.4, -0.2) is 22.8 Å². The highest BCUT2D eigenvalue weighted by Crippen LogP contribution is 2.44. The second kappa shape index (κ2) is 20.8. The predicted molar refractivity (Wildman–Crippen MR) is 293 cm³/mol. The molecule has 0 atom stereocenters. The van der Waals surface area contributed by atoms with Crippen molar-refractivity contribution in [2.75, 3.05) is 0 Å². The van der Waals surface area contributed by atoms with E-state index in [4.69, 9.17) is 33.2 Å². The minimum absolute atomic E-state index is 0.0716. The number of hydrogen-bond donors (Lipinski definition) is 0. The van der Waals surface area contributed by atoms with Crippen molar-refractivity contribution in [3.05, 3.63) is 115 Å². The molecule has 8 rings (SSSR count). The van der Waals surface area contributed by atoms with Crippen LogP contribution in [0.15, 0.2) is 68.5 Å². The Bertz CT molecular complexity index is 2410. The average molecular weight is 966 g/mol. The first-order valence-corrected chi connectivity index (χ1v) is 25.5. The summed E-state index contributed by atoms with van der Waals surface area (Å²) in [5.74, 6) is 1.58. The van der Waals surface area contributed by atoms with E-state index in [2.05, 4.69) is 131 Å². The Morgan fingerprint density at radius 1 is 0.397 bits per heavy atom. The fraction of sp³-hybridized carbons (Fsp3) is 0.533. The standard InChI is InChI=1S/2C15H20ClN.2C15H20FN/c2*1-9(2)12-8-10-6-7-11(15(3,4)5)13(16)14(10)17-12;1-9(2)13-7-10-6-12(16)11(15(3,4)5)8-14(10)17-13;1-9(2)12-8-10-6-7-11(15(3,4)5)13(16)14(10)17-12/h2*6-7,9H,8H2,1-5H3;6,8-9H,7H2,1-5H3;6-7,9H,8H2,1-5H3. The van der Waals surface area contributed by atoms with Gasteiger partial charge in [0.25, 0.3) is 0 Å². The summed E-state index contributed by atoms with van der Waals surface area (Å²) in [4.78, 5) is 18.5. The van der Waals surface area contributed by atoms with E-state index in [9.17, 15) is 8.78 Å². The number of nitrogens with zero attached hydrogens (tertiary/aromatic N) is 4. The summed E-state index contributed by atoms with van der Waals surface area (Å²) < 4.78 is 28.4. The Kier molecular flexibility index (Phi) is 16.8. The SMILES string of the molecule is CC(C)C1=Nc2c(ccc(C(C)(C)C)c2Cl)C1.CC(C)C1=Nc2c(ccc(C(C)(C)C)c2Cl)C1.CC(C)C1=Nc2c(ccc(C(C)(C)C)c2F)C1.CC(C)C1=Nc2cc(C(C)(C)C)c(F)cc2C1. The molecule has 4 aromatic rings. The van der Waals surface area contributed by atoms with Gasteiger partial charge in [-0.15, -0.1) is 0 Å². The molecule has 0 fully saturated rings. The molecule has 4 aliphatic heterocycles. The first-order chi connectivity index (χ1) is 31.2. The number of rotatable bonds is 4. The van der Waals surface area contributed by atoms with Gasteiger partial charge in [0.05, 0.1) is 27.1 Å². The molecule has 0 amide bonds. The van der Waals surface area contributed by atoms with E-state index >= 15 is 0 Å². The number of hydrogen-bond acceptors (Lipinski definition) is 4. The van der Waals surface area contributed by atoms with Crippen LogP contribution in [0.3, 0.4) is 0 Å². The van der Waals surface area contributed by atoms with E-state index in [1.54, 1.807) is 6.07 Å². The van der Waals surface area contributed by atoms with Crippen LogP contribution in [0.5, 0.6) is 0 Å². The lowest BCUT2D eigenvalue weighted by Gasteiger charge is -2.21. The lowest BCUT2D eigenvalue weighted by molar-refractivity contribution is 0.522. The van der Waals surface area contributed by atoms with Gasteiger partial charge in [-0.25, -0.2) is 8.78 Å². The first-order valence-electron chi connectivity index (χ1n) is 24.8. The largest absolute Gasteiger partial charge is 0.257 e. The Hall–Kier alpha value is -4.00. The molecule has 68 heavy (non-hydrogen) atoms. The molecule has 0 radical (unpaired) electrons. The quantitative estimate of drug-likeness (QED) is 0.196. The summed E-state index contributed by atoms with van der Waals surface area (Å²) in [6.45, 7) is 42.5. The van der Waals surface area contributed by atoms with Crippen LogP contribution in [0.1, 0.15) is 183 Å². The summed E-state index contributed by atoms with van der Waals surface area (Å²) >= 11 is 13.0. The van der Waals surface area contributed by atoms with Crippen LogP contribution in [0.4, 0.5) is 31.5 Å². The molecule has 4 aromatic carbocycles. The molecule has 4 aliphatic rings. The van der Waals surface area contributed by atoms with Crippen LogP contribution in [0, 0.1) is 35.3 Å². The molecule has 0 spiro atoms. The normalized spacial score (nSPS) is 15.1. The van der Waals surface area contributed by atoms with E-state index in [-0.39, 0.29) is 33.3 Å². The second-order valence-electron chi connectivity index (χ2n) is 24.5. The second-order valence-corrected chi connectivity index (χ2v) is 25.3. The maximum atomic E-state index is 14.4.